The molecule has 1 aliphatic heterocycles. The van der Waals surface area contributed by atoms with Crippen LogP contribution in [0.4, 0.5) is 0 Å². The zero-order valence-corrected chi connectivity index (χ0v) is 16.2. The molecular formula is C21H30N4. The van der Waals surface area contributed by atoms with Crippen molar-refractivity contribution in [3.05, 3.63) is 52.3 Å². The second-order valence-electron chi connectivity index (χ2n) is 7.48. The van der Waals surface area contributed by atoms with Crippen LogP contribution in [0.1, 0.15) is 61.2 Å². The molecule has 1 aliphatic rings. The van der Waals surface area contributed by atoms with Crippen molar-refractivity contribution in [2.75, 3.05) is 0 Å². The van der Waals surface area contributed by atoms with Crippen LogP contribution in [0.2, 0.25) is 0 Å². The SMILES string of the molecule is Cc1ccc(Cn2nc(C)c(C=NN3[C@H](C)CCC[C@H]3C)c2C)cc1. The van der Waals surface area contributed by atoms with Gasteiger partial charge in [-0.25, -0.2) is 0 Å². The van der Waals surface area contributed by atoms with Crippen molar-refractivity contribution >= 4 is 6.21 Å². The van der Waals surface area contributed by atoms with Gasteiger partial charge in [0.2, 0.25) is 0 Å². The number of nitrogens with zero attached hydrogens (tertiary/aromatic N) is 4. The van der Waals surface area contributed by atoms with E-state index in [0.29, 0.717) is 12.1 Å². The zero-order chi connectivity index (χ0) is 18.0. The molecule has 1 aromatic heterocycles. The van der Waals surface area contributed by atoms with Crippen molar-refractivity contribution in [2.45, 2.75) is 72.5 Å². The Bertz CT molecular complexity index is 732. The first-order valence-electron chi connectivity index (χ1n) is 9.37. The van der Waals surface area contributed by atoms with E-state index in [1.807, 2.05) is 6.21 Å². The summed E-state index contributed by atoms with van der Waals surface area (Å²) in [5.41, 5.74) is 5.94. The van der Waals surface area contributed by atoms with E-state index in [1.54, 1.807) is 0 Å². The molecule has 25 heavy (non-hydrogen) atoms. The Hall–Kier alpha value is -2.10. The van der Waals surface area contributed by atoms with Gasteiger partial charge in [0.15, 0.2) is 0 Å². The van der Waals surface area contributed by atoms with Crippen molar-refractivity contribution in [1.82, 2.24) is 14.8 Å². The second-order valence-corrected chi connectivity index (χ2v) is 7.48. The van der Waals surface area contributed by atoms with Gasteiger partial charge in [-0.1, -0.05) is 29.8 Å². The van der Waals surface area contributed by atoms with Crippen LogP contribution < -0.4 is 0 Å². The molecule has 1 fully saturated rings. The van der Waals surface area contributed by atoms with Crippen molar-refractivity contribution in [2.24, 2.45) is 5.10 Å². The Balaban J connectivity index is 1.79. The van der Waals surface area contributed by atoms with Gasteiger partial charge >= 0.3 is 0 Å². The fourth-order valence-corrected chi connectivity index (χ4v) is 3.68. The summed E-state index contributed by atoms with van der Waals surface area (Å²) in [7, 11) is 0. The molecular weight excluding hydrogens is 308 g/mol. The molecule has 134 valence electrons. The van der Waals surface area contributed by atoms with Gasteiger partial charge in [-0.3, -0.25) is 9.69 Å². The standard InChI is InChI=1S/C21H30N4/c1-15-9-11-20(12-10-15)14-24-19(5)21(18(4)23-24)13-22-25-16(2)7-6-8-17(25)3/h9-13,16-17H,6-8,14H2,1-5H3/t16-,17-/m1/s1. The largest absolute Gasteiger partial charge is 0.292 e. The number of benzene rings is 1. The third kappa shape index (κ3) is 3.94. The minimum Gasteiger partial charge on any atom is -0.292 e. The molecule has 0 unspecified atom stereocenters. The molecule has 1 saturated heterocycles. The highest BCUT2D eigenvalue weighted by molar-refractivity contribution is 5.82. The molecule has 0 spiro atoms. The van der Waals surface area contributed by atoms with Gasteiger partial charge in [-0.05, 0) is 59.4 Å². The lowest BCUT2D eigenvalue weighted by Crippen LogP contribution is -2.39. The Kier molecular flexibility index (Phi) is 5.26. The summed E-state index contributed by atoms with van der Waals surface area (Å²) in [5, 5.41) is 11.8. The first-order chi connectivity index (χ1) is 12.0. The maximum Gasteiger partial charge on any atom is 0.0685 e. The fourth-order valence-electron chi connectivity index (χ4n) is 3.68. The summed E-state index contributed by atoms with van der Waals surface area (Å²) in [6.45, 7) is 11.7. The first kappa shape index (κ1) is 17.7. The smallest absolute Gasteiger partial charge is 0.0685 e. The van der Waals surface area contributed by atoms with Gasteiger partial charge in [-0.15, -0.1) is 0 Å². The third-order valence-electron chi connectivity index (χ3n) is 5.36. The number of aromatic nitrogens is 2. The Morgan fingerprint density at radius 1 is 1.08 bits per heavy atom. The van der Waals surface area contributed by atoms with Crippen LogP contribution >= 0.6 is 0 Å². The van der Waals surface area contributed by atoms with Crippen molar-refractivity contribution in [3.63, 3.8) is 0 Å². The predicted octanol–water partition coefficient (Wildman–Crippen LogP) is 4.45. The summed E-state index contributed by atoms with van der Waals surface area (Å²) in [4.78, 5) is 0. The fraction of sp³-hybridized carbons (Fsp3) is 0.524. The number of rotatable bonds is 4. The third-order valence-corrected chi connectivity index (χ3v) is 5.36. The second kappa shape index (κ2) is 7.42. The lowest BCUT2D eigenvalue weighted by atomic mass is 10.00. The average molecular weight is 338 g/mol. The van der Waals surface area contributed by atoms with Gasteiger partial charge in [0, 0.05) is 23.3 Å². The van der Waals surface area contributed by atoms with Crippen molar-refractivity contribution < 1.29 is 0 Å². The number of hydrogen-bond donors (Lipinski definition) is 0. The molecule has 4 heteroatoms. The van der Waals surface area contributed by atoms with Crippen LogP contribution in [-0.4, -0.2) is 33.1 Å². The number of piperidine rings is 1. The number of hydrogen-bond acceptors (Lipinski definition) is 3. The van der Waals surface area contributed by atoms with E-state index in [1.165, 1.54) is 36.1 Å². The molecule has 0 radical (unpaired) electrons. The Morgan fingerprint density at radius 2 is 1.72 bits per heavy atom. The topological polar surface area (TPSA) is 33.4 Å². The molecule has 0 amide bonds. The molecule has 2 heterocycles. The summed E-state index contributed by atoms with van der Waals surface area (Å²) < 4.78 is 2.09. The number of hydrazone groups is 1. The van der Waals surface area contributed by atoms with Crippen LogP contribution in [0.5, 0.6) is 0 Å². The molecule has 0 aliphatic carbocycles. The summed E-state index contributed by atoms with van der Waals surface area (Å²) in [6.07, 6.45) is 5.78. The molecule has 2 atom stereocenters. The molecule has 1 aromatic carbocycles. The van der Waals surface area contributed by atoms with Gasteiger partial charge in [-0.2, -0.15) is 10.2 Å². The molecule has 2 aromatic rings. The first-order valence-corrected chi connectivity index (χ1v) is 9.37. The van der Waals surface area contributed by atoms with E-state index in [0.717, 1.165) is 17.8 Å². The quantitative estimate of drug-likeness (QED) is 0.772. The molecule has 4 nitrogen and oxygen atoms in total. The van der Waals surface area contributed by atoms with Crippen molar-refractivity contribution in [1.29, 1.82) is 0 Å². The van der Waals surface area contributed by atoms with E-state index in [9.17, 15) is 0 Å². The predicted molar refractivity (Wildman–Crippen MR) is 104 cm³/mol. The molecule has 0 bridgehead atoms. The lowest BCUT2D eigenvalue weighted by molar-refractivity contribution is 0.109. The minimum absolute atomic E-state index is 0.517. The van der Waals surface area contributed by atoms with Gasteiger partial charge in [0.25, 0.3) is 0 Å². The van der Waals surface area contributed by atoms with Crippen LogP contribution in [-0.2, 0) is 6.54 Å². The summed E-state index contributed by atoms with van der Waals surface area (Å²) >= 11 is 0. The van der Waals surface area contributed by atoms with Crippen molar-refractivity contribution in [3.8, 4) is 0 Å². The van der Waals surface area contributed by atoms with E-state index in [4.69, 9.17) is 10.2 Å². The highest BCUT2D eigenvalue weighted by atomic mass is 15.5. The Labute approximate surface area is 151 Å². The van der Waals surface area contributed by atoms with E-state index in [2.05, 4.69) is 68.6 Å². The van der Waals surface area contributed by atoms with Gasteiger partial charge in [0.05, 0.1) is 18.5 Å². The maximum atomic E-state index is 4.82. The minimum atomic E-state index is 0.517. The maximum absolute atomic E-state index is 4.82. The lowest BCUT2D eigenvalue weighted by Gasteiger charge is -2.36. The van der Waals surface area contributed by atoms with Gasteiger partial charge in [0.1, 0.15) is 0 Å². The monoisotopic (exact) mass is 338 g/mol. The number of aryl methyl sites for hydroxylation is 2. The van der Waals surface area contributed by atoms with E-state index >= 15 is 0 Å². The van der Waals surface area contributed by atoms with Crippen LogP contribution in [0.3, 0.4) is 0 Å². The molecule has 3 rings (SSSR count). The van der Waals surface area contributed by atoms with Crippen LogP contribution in [0, 0.1) is 20.8 Å². The van der Waals surface area contributed by atoms with E-state index < -0.39 is 0 Å². The van der Waals surface area contributed by atoms with Gasteiger partial charge < -0.3 is 0 Å². The summed E-state index contributed by atoms with van der Waals surface area (Å²) in [6, 6.07) is 9.70. The Morgan fingerprint density at radius 3 is 2.36 bits per heavy atom. The van der Waals surface area contributed by atoms with E-state index in [-0.39, 0.29) is 0 Å². The normalized spacial score (nSPS) is 21.2. The summed E-state index contributed by atoms with van der Waals surface area (Å²) in [5.74, 6) is 0. The highest BCUT2D eigenvalue weighted by Crippen LogP contribution is 2.23. The van der Waals surface area contributed by atoms with Crippen LogP contribution in [0.25, 0.3) is 0 Å². The molecule has 0 saturated carbocycles. The average Bonchev–Trinajstić information content (AvgIpc) is 2.83. The van der Waals surface area contributed by atoms with Crippen LogP contribution in [0.15, 0.2) is 29.4 Å². The highest BCUT2D eigenvalue weighted by Gasteiger charge is 2.23. The zero-order valence-electron chi connectivity index (χ0n) is 16.2. The molecule has 0 N–H and O–H groups in total.